The monoisotopic (exact) mass is 239 g/mol. The Morgan fingerprint density at radius 1 is 1.12 bits per heavy atom. The lowest BCUT2D eigenvalue weighted by Gasteiger charge is -2.19. The normalized spacial score (nSPS) is 11.8. The van der Waals surface area contributed by atoms with E-state index in [-0.39, 0.29) is 5.41 Å². The van der Waals surface area contributed by atoms with Gasteiger partial charge >= 0.3 is 0 Å². The third kappa shape index (κ3) is 4.54. The maximum Gasteiger partial charge on any atom is 0.0235 e. The van der Waals surface area contributed by atoms with Crippen molar-refractivity contribution in [2.75, 3.05) is 12.4 Å². The molecule has 0 saturated heterocycles. The van der Waals surface area contributed by atoms with E-state index in [4.69, 9.17) is 11.6 Å². The summed E-state index contributed by atoms with van der Waals surface area (Å²) in [5.74, 6) is 0.732. The smallest absolute Gasteiger partial charge is 0.0235 e. The van der Waals surface area contributed by atoms with Crippen molar-refractivity contribution < 1.29 is 0 Å². The molecule has 0 fully saturated rings. The van der Waals surface area contributed by atoms with E-state index >= 15 is 0 Å². The number of alkyl halides is 1. The highest BCUT2D eigenvalue weighted by Gasteiger charge is 2.12. The topological polar surface area (TPSA) is 12.0 Å². The molecule has 0 unspecified atom stereocenters. The molecule has 0 amide bonds. The summed E-state index contributed by atoms with van der Waals surface area (Å²) < 4.78 is 0. The molecule has 0 aliphatic carbocycles. The predicted molar refractivity (Wildman–Crippen MR) is 72.2 cm³/mol. The summed E-state index contributed by atoms with van der Waals surface area (Å²) in [6, 6.07) is 8.85. The van der Waals surface area contributed by atoms with E-state index in [1.165, 1.54) is 11.1 Å². The van der Waals surface area contributed by atoms with Gasteiger partial charge in [-0.2, -0.15) is 0 Å². The van der Waals surface area contributed by atoms with Gasteiger partial charge in [0.2, 0.25) is 0 Å². The Hall–Kier alpha value is -0.530. The molecule has 1 rings (SSSR count). The summed E-state index contributed by atoms with van der Waals surface area (Å²) in [5.41, 5.74) is 2.96. The fraction of sp³-hybridized carbons (Fsp3) is 0.571. The number of halogens is 1. The van der Waals surface area contributed by atoms with Crippen molar-refractivity contribution >= 4 is 11.6 Å². The van der Waals surface area contributed by atoms with Gasteiger partial charge in [0.15, 0.2) is 0 Å². The van der Waals surface area contributed by atoms with Crippen LogP contribution in [0.4, 0.5) is 0 Å². The van der Waals surface area contributed by atoms with Crippen LogP contribution in [0.5, 0.6) is 0 Å². The molecule has 0 heterocycles. The van der Waals surface area contributed by atoms with Crippen molar-refractivity contribution in [2.45, 2.75) is 39.2 Å². The summed E-state index contributed by atoms with van der Waals surface area (Å²) in [5, 5.41) is 3.38. The standard InChI is InChI=1S/C14H22ClN/c1-14(2,3)13-7-5-12(6-8-13)11-16-10-4-9-15/h5-8,16H,4,9-11H2,1-3H3. The zero-order valence-electron chi connectivity index (χ0n) is 10.5. The Balaban J connectivity index is 2.46. The van der Waals surface area contributed by atoms with Gasteiger partial charge in [-0.05, 0) is 29.5 Å². The second kappa shape index (κ2) is 6.27. The molecule has 0 aliphatic rings. The average Bonchev–Trinajstić information content (AvgIpc) is 2.24. The molecule has 1 aromatic carbocycles. The lowest BCUT2D eigenvalue weighted by atomic mass is 9.87. The van der Waals surface area contributed by atoms with Gasteiger partial charge in [0.05, 0.1) is 0 Å². The number of nitrogens with one attached hydrogen (secondary N) is 1. The maximum atomic E-state index is 5.61. The second-order valence-corrected chi connectivity index (χ2v) is 5.54. The summed E-state index contributed by atoms with van der Waals surface area (Å²) in [7, 11) is 0. The second-order valence-electron chi connectivity index (χ2n) is 5.17. The van der Waals surface area contributed by atoms with Gasteiger partial charge in [0, 0.05) is 12.4 Å². The van der Waals surface area contributed by atoms with Crippen molar-refractivity contribution in [1.82, 2.24) is 5.32 Å². The molecule has 16 heavy (non-hydrogen) atoms. The molecule has 0 radical (unpaired) electrons. The highest BCUT2D eigenvalue weighted by Crippen LogP contribution is 2.21. The van der Waals surface area contributed by atoms with Crippen LogP contribution in [0, 0.1) is 0 Å². The van der Waals surface area contributed by atoms with Crippen LogP contribution in [0.15, 0.2) is 24.3 Å². The molecule has 1 nitrogen and oxygen atoms in total. The first-order valence-electron chi connectivity index (χ1n) is 5.90. The van der Waals surface area contributed by atoms with Crippen LogP contribution in [-0.2, 0) is 12.0 Å². The van der Waals surface area contributed by atoms with E-state index in [1.807, 2.05) is 0 Å². The predicted octanol–water partition coefficient (Wildman–Crippen LogP) is 3.70. The summed E-state index contributed by atoms with van der Waals surface area (Å²) in [6.45, 7) is 8.63. The van der Waals surface area contributed by atoms with Crippen LogP contribution in [-0.4, -0.2) is 12.4 Å². The Morgan fingerprint density at radius 2 is 1.75 bits per heavy atom. The minimum atomic E-state index is 0.241. The highest BCUT2D eigenvalue weighted by atomic mass is 35.5. The zero-order valence-corrected chi connectivity index (χ0v) is 11.3. The first-order valence-corrected chi connectivity index (χ1v) is 6.43. The molecule has 90 valence electrons. The van der Waals surface area contributed by atoms with Crippen LogP contribution in [0.2, 0.25) is 0 Å². The molecule has 0 aliphatic heterocycles. The molecule has 0 aromatic heterocycles. The van der Waals surface area contributed by atoms with Crippen molar-refractivity contribution in [1.29, 1.82) is 0 Å². The van der Waals surface area contributed by atoms with Crippen LogP contribution in [0.1, 0.15) is 38.3 Å². The SMILES string of the molecule is CC(C)(C)c1ccc(CNCCCCl)cc1. The van der Waals surface area contributed by atoms with Gasteiger partial charge in [-0.1, -0.05) is 45.0 Å². The third-order valence-corrected chi connectivity index (χ3v) is 2.90. The first kappa shape index (κ1) is 13.5. The molecular formula is C14H22ClN. The minimum absolute atomic E-state index is 0.241. The van der Waals surface area contributed by atoms with Gasteiger partial charge in [-0.15, -0.1) is 11.6 Å². The fourth-order valence-electron chi connectivity index (χ4n) is 1.55. The van der Waals surface area contributed by atoms with Gasteiger partial charge in [-0.3, -0.25) is 0 Å². The van der Waals surface area contributed by atoms with Crippen LogP contribution < -0.4 is 5.32 Å². The van der Waals surface area contributed by atoms with Crippen LogP contribution >= 0.6 is 11.6 Å². The largest absolute Gasteiger partial charge is 0.313 e. The molecule has 0 saturated carbocycles. The summed E-state index contributed by atoms with van der Waals surface area (Å²) >= 11 is 5.61. The van der Waals surface area contributed by atoms with E-state index in [9.17, 15) is 0 Å². The van der Waals surface area contributed by atoms with Gasteiger partial charge in [0.25, 0.3) is 0 Å². The number of hydrogen-bond acceptors (Lipinski definition) is 1. The molecule has 2 heteroatoms. The minimum Gasteiger partial charge on any atom is -0.313 e. The van der Waals surface area contributed by atoms with Crippen molar-refractivity contribution in [3.63, 3.8) is 0 Å². The maximum absolute atomic E-state index is 5.61. The fourth-order valence-corrected chi connectivity index (χ4v) is 1.68. The Kier molecular flexibility index (Phi) is 5.30. The summed E-state index contributed by atoms with van der Waals surface area (Å²) in [6.07, 6.45) is 1.03. The van der Waals surface area contributed by atoms with E-state index in [1.54, 1.807) is 0 Å². The van der Waals surface area contributed by atoms with Crippen LogP contribution in [0.25, 0.3) is 0 Å². The lowest BCUT2D eigenvalue weighted by Crippen LogP contribution is -2.15. The number of hydrogen-bond donors (Lipinski definition) is 1. The van der Waals surface area contributed by atoms with Gasteiger partial charge in [-0.25, -0.2) is 0 Å². The number of benzene rings is 1. The first-order chi connectivity index (χ1) is 7.54. The molecule has 1 aromatic rings. The molecular weight excluding hydrogens is 218 g/mol. The van der Waals surface area contributed by atoms with Crippen molar-refractivity contribution in [3.05, 3.63) is 35.4 Å². The Labute approximate surface area is 104 Å². The van der Waals surface area contributed by atoms with Crippen molar-refractivity contribution in [3.8, 4) is 0 Å². The quantitative estimate of drug-likeness (QED) is 0.610. The zero-order chi connectivity index (χ0) is 12.0. The third-order valence-electron chi connectivity index (χ3n) is 2.64. The van der Waals surface area contributed by atoms with Gasteiger partial charge < -0.3 is 5.32 Å². The van der Waals surface area contributed by atoms with Crippen molar-refractivity contribution in [2.24, 2.45) is 0 Å². The van der Waals surface area contributed by atoms with E-state index in [0.29, 0.717) is 0 Å². The van der Waals surface area contributed by atoms with E-state index in [0.717, 1.165) is 25.4 Å². The Bertz CT molecular complexity index is 298. The summed E-state index contributed by atoms with van der Waals surface area (Å²) in [4.78, 5) is 0. The van der Waals surface area contributed by atoms with Gasteiger partial charge in [0.1, 0.15) is 0 Å². The van der Waals surface area contributed by atoms with Crippen LogP contribution in [0.3, 0.4) is 0 Å². The molecule has 1 N–H and O–H groups in total. The average molecular weight is 240 g/mol. The molecule has 0 bridgehead atoms. The molecule has 0 spiro atoms. The highest BCUT2D eigenvalue weighted by molar-refractivity contribution is 6.17. The lowest BCUT2D eigenvalue weighted by molar-refractivity contribution is 0.589. The Morgan fingerprint density at radius 3 is 2.25 bits per heavy atom. The van der Waals surface area contributed by atoms with E-state index < -0.39 is 0 Å². The molecule has 0 atom stereocenters. The van der Waals surface area contributed by atoms with E-state index in [2.05, 4.69) is 50.4 Å². The number of rotatable bonds is 5.